The molecule has 0 atom stereocenters. The van der Waals surface area contributed by atoms with Gasteiger partial charge in [0.25, 0.3) is 0 Å². The number of pyridine rings is 3. The lowest BCUT2D eigenvalue weighted by molar-refractivity contribution is -0.122. The van der Waals surface area contributed by atoms with Gasteiger partial charge in [0.2, 0.25) is 5.91 Å². The molecule has 9 nitrogen and oxygen atoms in total. The van der Waals surface area contributed by atoms with Crippen LogP contribution in [0.3, 0.4) is 0 Å². The van der Waals surface area contributed by atoms with Crippen molar-refractivity contribution >= 4 is 33.5 Å². The van der Waals surface area contributed by atoms with Gasteiger partial charge in [-0.2, -0.15) is 5.10 Å². The second-order valence-electron chi connectivity index (χ2n) is 9.41. The number of hydrogen-bond donors (Lipinski definition) is 3. The number of aromatic amines is 2. The number of anilines is 1. The Bertz CT molecular complexity index is 1820. The summed E-state index contributed by atoms with van der Waals surface area (Å²) in [5, 5.41) is 11.0. The third-order valence-corrected chi connectivity index (χ3v) is 7.00. The average molecular weight is 505 g/mol. The zero-order valence-corrected chi connectivity index (χ0v) is 20.1. The van der Waals surface area contributed by atoms with Gasteiger partial charge in [0.15, 0.2) is 5.82 Å². The Morgan fingerprint density at radius 1 is 0.974 bits per heavy atom. The number of carbonyl (C=O) groups is 1. The maximum Gasteiger partial charge on any atom is 0.227 e. The van der Waals surface area contributed by atoms with Gasteiger partial charge >= 0.3 is 0 Å². The van der Waals surface area contributed by atoms with Gasteiger partial charge in [0, 0.05) is 58.8 Å². The van der Waals surface area contributed by atoms with E-state index in [1.165, 1.54) is 6.07 Å². The van der Waals surface area contributed by atoms with Crippen LogP contribution in [0.5, 0.6) is 0 Å². The lowest BCUT2D eigenvalue weighted by Crippen LogP contribution is -2.28. The molecule has 5 heterocycles. The summed E-state index contributed by atoms with van der Waals surface area (Å²) in [6.45, 7) is 0. The van der Waals surface area contributed by atoms with E-state index in [1.54, 1.807) is 43.1 Å². The molecule has 7 rings (SSSR count). The first-order chi connectivity index (χ1) is 18.6. The fraction of sp³-hybridized carbons (Fsp3) is 0.143. The molecule has 6 aromatic rings. The number of amides is 1. The first-order valence-electron chi connectivity index (χ1n) is 12.3. The molecule has 3 N–H and O–H groups in total. The lowest BCUT2D eigenvalue weighted by Gasteiger charge is -2.24. The molecule has 186 valence electrons. The second-order valence-corrected chi connectivity index (χ2v) is 9.41. The molecule has 10 heteroatoms. The van der Waals surface area contributed by atoms with Gasteiger partial charge < -0.3 is 10.3 Å². The van der Waals surface area contributed by atoms with Crippen LogP contribution in [0.1, 0.15) is 19.3 Å². The highest BCUT2D eigenvalue weighted by atomic mass is 19.1. The van der Waals surface area contributed by atoms with Crippen molar-refractivity contribution < 1.29 is 9.18 Å². The van der Waals surface area contributed by atoms with E-state index in [0.717, 1.165) is 30.3 Å². The summed E-state index contributed by atoms with van der Waals surface area (Å²) >= 11 is 0. The van der Waals surface area contributed by atoms with E-state index < -0.39 is 5.82 Å². The highest BCUT2D eigenvalue weighted by Crippen LogP contribution is 2.34. The molecule has 1 aliphatic carbocycles. The summed E-state index contributed by atoms with van der Waals surface area (Å²) in [5.74, 6) is 0.123. The van der Waals surface area contributed by atoms with Crippen LogP contribution in [-0.4, -0.2) is 41.0 Å². The number of nitrogens with one attached hydrogen (secondary N) is 3. The predicted octanol–water partition coefficient (Wildman–Crippen LogP) is 5.50. The number of rotatable bonds is 5. The molecule has 0 saturated heterocycles. The Kier molecular flexibility index (Phi) is 5.17. The lowest BCUT2D eigenvalue weighted by atomic mass is 9.85. The molecule has 0 bridgehead atoms. The highest BCUT2D eigenvalue weighted by molar-refractivity contribution is 5.98. The van der Waals surface area contributed by atoms with E-state index >= 15 is 4.39 Å². The fourth-order valence-corrected chi connectivity index (χ4v) is 4.77. The number of aromatic nitrogens is 7. The number of nitrogens with zero attached hydrogens (tertiary/aromatic N) is 5. The molecule has 38 heavy (non-hydrogen) atoms. The maximum absolute atomic E-state index is 15.2. The zero-order valence-electron chi connectivity index (χ0n) is 20.1. The van der Waals surface area contributed by atoms with Crippen molar-refractivity contribution in [3.05, 3.63) is 73.2 Å². The molecule has 1 aliphatic rings. The molecule has 0 aliphatic heterocycles. The SMILES string of the molecule is O=C(Nc1cncc(-c2cc3c(-c4nc5c(-c6cccnc6)nccc5[nH]4)n[nH]c3cc2F)c1)C1CCC1. The number of H-pyrrole nitrogens is 2. The van der Waals surface area contributed by atoms with Gasteiger partial charge in [-0.05, 0) is 43.2 Å². The van der Waals surface area contributed by atoms with Crippen molar-refractivity contribution in [3.8, 4) is 33.9 Å². The van der Waals surface area contributed by atoms with Crippen LogP contribution in [0.4, 0.5) is 10.1 Å². The number of imidazole rings is 1. The zero-order chi connectivity index (χ0) is 25.6. The summed E-state index contributed by atoms with van der Waals surface area (Å²) in [6, 6.07) is 10.5. The van der Waals surface area contributed by atoms with Gasteiger partial charge in [0.1, 0.15) is 17.0 Å². The topological polar surface area (TPSA) is 125 Å². The van der Waals surface area contributed by atoms with Crippen molar-refractivity contribution in [1.82, 2.24) is 35.1 Å². The van der Waals surface area contributed by atoms with E-state index in [9.17, 15) is 4.79 Å². The predicted molar refractivity (Wildman–Crippen MR) is 141 cm³/mol. The number of benzene rings is 1. The van der Waals surface area contributed by atoms with Gasteiger partial charge in [-0.1, -0.05) is 6.42 Å². The van der Waals surface area contributed by atoms with Crippen LogP contribution in [0, 0.1) is 11.7 Å². The van der Waals surface area contributed by atoms with E-state index in [-0.39, 0.29) is 11.8 Å². The third kappa shape index (κ3) is 3.78. The Hall–Kier alpha value is -4.99. The monoisotopic (exact) mass is 504 g/mol. The summed E-state index contributed by atoms with van der Waals surface area (Å²) in [6.07, 6.45) is 11.2. The summed E-state index contributed by atoms with van der Waals surface area (Å²) < 4.78 is 15.2. The molecule has 1 fully saturated rings. The Balaban J connectivity index is 1.29. The summed E-state index contributed by atoms with van der Waals surface area (Å²) in [5.41, 5.74) is 5.57. The summed E-state index contributed by atoms with van der Waals surface area (Å²) in [4.78, 5) is 33.5. The molecular formula is C28H21FN8O. The van der Waals surface area contributed by atoms with E-state index in [1.807, 2.05) is 18.2 Å². The number of fused-ring (bicyclic) bond motifs is 2. The van der Waals surface area contributed by atoms with Crippen molar-refractivity contribution in [2.24, 2.45) is 5.92 Å². The second kappa shape index (κ2) is 8.84. The van der Waals surface area contributed by atoms with Gasteiger partial charge in [-0.15, -0.1) is 0 Å². The van der Waals surface area contributed by atoms with E-state index in [4.69, 9.17) is 4.98 Å². The van der Waals surface area contributed by atoms with Crippen molar-refractivity contribution in [2.75, 3.05) is 5.32 Å². The van der Waals surface area contributed by atoms with Crippen molar-refractivity contribution in [2.45, 2.75) is 19.3 Å². The van der Waals surface area contributed by atoms with Gasteiger partial charge in [-0.25, -0.2) is 9.37 Å². The molecule has 5 aromatic heterocycles. The Morgan fingerprint density at radius 3 is 2.68 bits per heavy atom. The van der Waals surface area contributed by atoms with Crippen LogP contribution in [0.2, 0.25) is 0 Å². The maximum atomic E-state index is 15.2. The van der Waals surface area contributed by atoms with Crippen LogP contribution >= 0.6 is 0 Å². The average Bonchev–Trinajstić information content (AvgIpc) is 3.51. The number of carbonyl (C=O) groups excluding carboxylic acids is 1. The van der Waals surface area contributed by atoms with Crippen LogP contribution in [0.15, 0.2) is 67.4 Å². The minimum Gasteiger partial charge on any atom is -0.336 e. The number of halogens is 1. The molecule has 0 radical (unpaired) electrons. The van der Waals surface area contributed by atoms with Gasteiger partial charge in [0.05, 0.1) is 28.6 Å². The minimum atomic E-state index is -0.426. The largest absolute Gasteiger partial charge is 0.336 e. The quantitative estimate of drug-likeness (QED) is 0.285. The summed E-state index contributed by atoms with van der Waals surface area (Å²) in [7, 11) is 0. The van der Waals surface area contributed by atoms with Gasteiger partial charge in [-0.3, -0.25) is 24.8 Å². The molecule has 0 unspecified atom stereocenters. The smallest absolute Gasteiger partial charge is 0.227 e. The third-order valence-electron chi connectivity index (χ3n) is 7.00. The molecular weight excluding hydrogens is 483 g/mol. The molecule has 1 saturated carbocycles. The van der Waals surface area contributed by atoms with Crippen LogP contribution in [-0.2, 0) is 4.79 Å². The van der Waals surface area contributed by atoms with Crippen LogP contribution in [0.25, 0.3) is 55.8 Å². The van der Waals surface area contributed by atoms with E-state index in [2.05, 4.69) is 35.5 Å². The molecule has 1 aromatic carbocycles. The number of hydrogen-bond acceptors (Lipinski definition) is 6. The first-order valence-corrected chi connectivity index (χ1v) is 12.3. The van der Waals surface area contributed by atoms with Crippen LogP contribution < -0.4 is 5.32 Å². The van der Waals surface area contributed by atoms with Crippen molar-refractivity contribution in [1.29, 1.82) is 0 Å². The Labute approximate surface area is 215 Å². The molecule has 1 amide bonds. The highest BCUT2D eigenvalue weighted by Gasteiger charge is 2.25. The fourth-order valence-electron chi connectivity index (χ4n) is 4.77. The van der Waals surface area contributed by atoms with Crippen molar-refractivity contribution in [3.63, 3.8) is 0 Å². The standard InChI is InChI=1S/C28H21FN8O/c29-21-11-23-20(10-19(21)17-9-18(14-31-13-17)33-28(38)15-3-1-4-15)25(37-36-23)27-34-22-6-8-32-24(26(22)35-27)16-5-2-7-30-12-16/h2,5-15H,1,3-4H2,(H,33,38)(H,34,35)(H,36,37). The molecule has 0 spiro atoms. The first kappa shape index (κ1) is 22.2. The van der Waals surface area contributed by atoms with E-state index in [0.29, 0.717) is 50.4 Å². The Morgan fingerprint density at radius 2 is 1.87 bits per heavy atom. The minimum absolute atomic E-state index is 0.0201. The normalized spacial score (nSPS) is 13.6.